The van der Waals surface area contributed by atoms with Gasteiger partial charge in [0, 0.05) is 23.6 Å². The van der Waals surface area contributed by atoms with Crippen molar-refractivity contribution < 1.29 is 9.53 Å². The van der Waals surface area contributed by atoms with Gasteiger partial charge in [-0.05, 0) is 30.7 Å². The quantitative estimate of drug-likeness (QED) is 0.868. The predicted molar refractivity (Wildman–Crippen MR) is 67.3 cm³/mol. The highest BCUT2D eigenvalue weighted by Crippen LogP contribution is 2.24. The van der Waals surface area contributed by atoms with Crippen LogP contribution in [0.5, 0.6) is 5.75 Å². The third-order valence-corrected chi connectivity index (χ3v) is 2.54. The van der Waals surface area contributed by atoms with Crippen molar-refractivity contribution in [2.75, 3.05) is 6.54 Å². The molecule has 2 rings (SSSR count). The topological polar surface area (TPSA) is 77.9 Å². The minimum Gasteiger partial charge on any atom is -0.410 e. The molecule has 0 saturated carbocycles. The number of nitrogens with zero attached hydrogens (tertiary/aromatic N) is 1. The fourth-order valence-electron chi connectivity index (χ4n) is 1.74. The van der Waals surface area contributed by atoms with Crippen molar-refractivity contribution in [3.05, 3.63) is 30.0 Å². The zero-order valence-electron chi connectivity index (χ0n) is 9.99. The van der Waals surface area contributed by atoms with Gasteiger partial charge in [0.1, 0.15) is 5.75 Å². The van der Waals surface area contributed by atoms with Crippen LogP contribution in [0, 0.1) is 11.3 Å². The lowest BCUT2D eigenvalue weighted by Gasteiger charge is -2.04. The number of hydrogen-bond acceptors (Lipinski definition) is 3. The average molecular weight is 243 g/mol. The van der Waals surface area contributed by atoms with Crippen molar-refractivity contribution in [1.29, 1.82) is 5.26 Å². The maximum absolute atomic E-state index is 11.3. The number of aromatic nitrogens is 1. The van der Waals surface area contributed by atoms with Gasteiger partial charge in [-0.1, -0.05) is 0 Å². The van der Waals surface area contributed by atoms with Crippen LogP contribution in [0.25, 0.3) is 10.9 Å². The van der Waals surface area contributed by atoms with E-state index in [0.717, 1.165) is 16.5 Å². The molecule has 0 aliphatic rings. The summed E-state index contributed by atoms with van der Waals surface area (Å²) in [5.41, 5.74) is 1.82. The smallest absolute Gasteiger partial charge is 0.410 e. The molecular formula is C13H13N3O2. The number of fused-ring (bicyclic) bond motifs is 1. The minimum atomic E-state index is -0.478. The van der Waals surface area contributed by atoms with Crippen LogP contribution in [0.4, 0.5) is 4.79 Å². The fraction of sp³-hybridized carbons (Fsp3) is 0.231. The summed E-state index contributed by atoms with van der Waals surface area (Å²) >= 11 is 0. The molecule has 1 aromatic carbocycles. The molecule has 0 radical (unpaired) electrons. The molecule has 5 nitrogen and oxygen atoms in total. The Morgan fingerprint density at radius 3 is 3.11 bits per heavy atom. The van der Waals surface area contributed by atoms with Gasteiger partial charge in [0.2, 0.25) is 0 Å². The number of benzene rings is 1. The molecule has 0 fully saturated rings. The van der Waals surface area contributed by atoms with Crippen molar-refractivity contribution in [3.8, 4) is 11.8 Å². The number of amides is 1. The molecule has 92 valence electrons. The first kappa shape index (κ1) is 12.0. The van der Waals surface area contributed by atoms with Gasteiger partial charge in [0.15, 0.2) is 0 Å². The largest absolute Gasteiger partial charge is 0.412 e. The zero-order valence-corrected chi connectivity index (χ0v) is 9.99. The number of carbonyl (C=O) groups is 1. The Labute approximate surface area is 104 Å². The molecule has 2 N–H and O–H groups in total. The van der Waals surface area contributed by atoms with Gasteiger partial charge in [-0.25, -0.2) is 4.79 Å². The number of nitriles is 1. The molecule has 0 bridgehead atoms. The average Bonchev–Trinajstić information content (AvgIpc) is 2.73. The summed E-state index contributed by atoms with van der Waals surface area (Å²) in [6.45, 7) is 2.34. The van der Waals surface area contributed by atoms with Crippen molar-refractivity contribution in [2.24, 2.45) is 0 Å². The summed E-state index contributed by atoms with van der Waals surface area (Å²) in [5, 5.41) is 12.2. The van der Waals surface area contributed by atoms with E-state index in [4.69, 9.17) is 10.00 Å². The molecule has 0 spiro atoms. The fourth-order valence-corrected chi connectivity index (χ4v) is 1.74. The Balaban J connectivity index is 2.28. The second-order valence-corrected chi connectivity index (χ2v) is 3.78. The molecule has 18 heavy (non-hydrogen) atoms. The molecule has 0 unspecified atom stereocenters. The summed E-state index contributed by atoms with van der Waals surface area (Å²) < 4.78 is 5.12. The molecule has 0 aliphatic heterocycles. The summed E-state index contributed by atoms with van der Waals surface area (Å²) in [6.07, 6.45) is 1.64. The van der Waals surface area contributed by atoms with E-state index in [9.17, 15) is 4.79 Å². The summed E-state index contributed by atoms with van der Waals surface area (Å²) in [6, 6.07) is 7.40. The molecule has 1 heterocycles. The van der Waals surface area contributed by atoms with Crippen LogP contribution >= 0.6 is 0 Å². The molecule has 0 saturated heterocycles. The van der Waals surface area contributed by atoms with E-state index >= 15 is 0 Å². The third kappa shape index (κ3) is 2.43. The molecule has 5 heteroatoms. The SMILES string of the molecule is CCNC(=O)Oc1ccc2[nH]cc(CC#N)c2c1. The van der Waals surface area contributed by atoms with Crippen molar-refractivity contribution in [2.45, 2.75) is 13.3 Å². The van der Waals surface area contributed by atoms with Crippen LogP contribution in [-0.2, 0) is 6.42 Å². The second-order valence-electron chi connectivity index (χ2n) is 3.78. The van der Waals surface area contributed by atoms with Crippen LogP contribution in [0.3, 0.4) is 0 Å². The number of rotatable bonds is 3. The second kappa shape index (κ2) is 5.23. The van der Waals surface area contributed by atoms with Crippen LogP contribution < -0.4 is 10.1 Å². The highest BCUT2D eigenvalue weighted by atomic mass is 16.5. The first-order chi connectivity index (χ1) is 8.74. The minimum absolute atomic E-state index is 0.324. The lowest BCUT2D eigenvalue weighted by molar-refractivity contribution is 0.201. The Bertz CT molecular complexity index is 610. The number of aromatic amines is 1. The highest BCUT2D eigenvalue weighted by molar-refractivity contribution is 5.85. The van der Waals surface area contributed by atoms with Crippen LogP contribution in [-0.4, -0.2) is 17.6 Å². The van der Waals surface area contributed by atoms with E-state index in [1.165, 1.54) is 0 Å². The molecular weight excluding hydrogens is 230 g/mol. The predicted octanol–water partition coefficient (Wildman–Crippen LogP) is 2.34. The van der Waals surface area contributed by atoms with Crippen LogP contribution in [0.15, 0.2) is 24.4 Å². The Hall–Kier alpha value is -2.48. The summed E-state index contributed by atoms with van der Waals surface area (Å²) in [5.74, 6) is 0.465. The van der Waals surface area contributed by atoms with Gasteiger partial charge in [-0.15, -0.1) is 0 Å². The van der Waals surface area contributed by atoms with E-state index in [0.29, 0.717) is 18.7 Å². The van der Waals surface area contributed by atoms with Crippen molar-refractivity contribution >= 4 is 17.0 Å². The van der Waals surface area contributed by atoms with E-state index in [1.54, 1.807) is 18.3 Å². The van der Waals surface area contributed by atoms with Gasteiger partial charge < -0.3 is 15.0 Å². The first-order valence-corrected chi connectivity index (χ1v) is 5.67. The van der Waals surface area contributed by atoms with Gasteiger partial charge in [0.25, 0.3) is 0 Å². The lowest BCUT2D eigenvalue weighted by atomic mass is 10.1. The standard InChI is InChI=1S/C13H13N3O2/c1-2-15-13(17)18-10-3-4-12-11(7-10)9(5-6-14)8-16-12/h3-4,7-8,16H,2,5H2,1H3,(H,15,17). The van der Waals surface area contributed by atoms with Crippen molar-refractivity contribution in [1.82, 2.24) is 10.3 Å². The summed E-state index contributed by atoms with van der Waals surface area (Å²) in [4.78, 5) is 14.4. The zero-order chi connectivity index (χ0) is 13.0. The monoisotopic (exact) mass is 243 g/mol. The van der Waals surface area contributed by atoms with E-state index in [1.807, 2.05) is 13.0 Å². The highest BCUT2D eigenvalue weighted by Gasteiger charge is 2.07. The lowest BCUT2D eigenvalue weighted by Crippen LogP contribution is -2.26. The van der Waals surface area contributed by atoms with Crippen LogP contribution in [0.1, 0.15) is 12.5 Å². The molecule has 0 atom stereocenters. The maximum atomic E-state index is 11.3. The first-order valence-electron chi connectivity index (χ1n) is 5.67. The summed E-state index contributed by atoms with van der Waals surface area (Å²) in [7, 11) is 0. The number of nitrogens with one attached hydrogen (secondary N) is 2. The Kier molecular flexibility index (Phi) is 3.49. The molecule has 1 amide bonds. The van der Waals surface area contributed by atoms with Gasteiger partial charge in [-0.3, -0.25) is 0 Å². The third-order valence-electron chi connectivity index (χ3n) is 2.54. The number of hydrogen-bond donors (Lipinski definition) is 2. The Morgan fingerprint density at radius 2 is 2.39 bits per heavy atom. The van der Waals surface area contributed by atoms with Crippen LogP contribution in [0.2, 0.25) is 0 Å². The molecule has 2 aromatic rings. The van der Waals surface area contributed by atoms with E-state index in [2.05, 4.69) is 16.4 Å². The molecule has 1 aromatic heterocycles. The van der Waals surface area contributed by atoms with E-state index < -0.39 is 6.09 Å². The van der Waals surface area contributed by atoms with Gasteiger partial charge in [0.05, 0.1) is 12.5 Å². The van der Waals surface area contributed by atoms with E-state index in [-0.39, 0.29) is 0 Å². The van der Waals surface area contributed by atoms with Gasteiger partial charge >= 0.3 is 6.09 Å². The molecule has 0 aliphatic carbocycles. The Morgan fingerprint density at radius 1 is 1.56 bits per heavy atom. The van der Waals surface area contributed by atoms with Crippen molar-refractivity contribution in [3.63, 3.8) is 0 Å². The normalized spacial score (nSPS) is 10.0. The number of ether oxygens (including phenoxy) is 1. The maximum Gasteiger partial charge on any atom is 0.412 e. The number of carbonyl (C=O) groups excluding carboxylic acids is 1. The number of H-pyrrole nitrogens is 1. The van der Waals surface area contributed by atoms with Gasteiger partial charge in [-0.2, -0.15) is 5.26 Å².